The summed E-state index contributed by atoms with van der Waals surface area (Å²) in [7, 11) is 1.99. The Labute approximate surface area is 198 Å². The van der Waals surface area contributed by atoms with Gasteiger partial charge in [0.1, 0.15) is 0 Å². The number of aromatic nitrogens is 4. The molecule has 0 amide bonds. The van der Waals surface area contributed by atoms with Crippen LogP contribution in [0.3, 0.4) is 0 Å². The Morgan fingerprint density at radius 1 is 0.909 bits per heavy atom. The summed E-state index contributed by atoms with van der Waals surface area (Å²) in [6, 6.07) is 5.69. The fourth-order valence-corrected chi connectivity index (χ4v) is 6.20. The number of nitrogens with zero attached hydrogens (tertiary/aromatic N) is 8. The standard InChI is InChI=1S/C25H40N8/c1-20(33-9-7-24(27-33)30-12-10-29(11-13-30)22-4-5-22)18-21-19-25(21,2)32-16-14-31(15-17-32)23-6-8-28(3)26-23/h6-9,20-22H,4-5,10-19H2,1-3H3. The average molecular weight is 453 g/mol. The lowest BCUT2D eigenvalue weighted by Crippen LogP contribution is -2.51. The van der Waals surface area contributed by atoms with Gasteiger partial charge in [0.2, 0.25) is 0 Å². The van der Waals surface area contributed by atoms with E-state index in [4.69, 9.17) is 5.10 Å². The molecular formula is C25H40N8. The summed E-state index contributed by atoms with van der Waals surface area (Å²) < 4.78 is 4.12. The van der Waals surface area contributed by atoms with Gasteiger partial charge in [-0.15, -0.1) is 0 Å². The minimum Gasteiger partial charge on any atom is -0.353 e. The van der Waals surface area contributed by atoms with Crippen LogP contribution in [0.1, 0.15) is 45.6 Å². The van der Waals surface area contributed by atoms with Crippen LogP contribution in [0.25, 0.3) is 0 Å². The Morgan fingerprint density at radius 3 is 2.18 bits per heavy atom. The Kier molecular flexibility index (Phi) is 5.41. The third kappa shape index (κ3) is 4.28. The van der Waals surface area contributed by atoms with Gasteiger partial charge in [-0.3, -0.25) is 19.2 Å². The van der Waals surface area contributed by atoms with Crippen molar-refractivity contribution >= 4 is 11.6 Å². The van der Waals surface area contributed by atoms with Gasteiger partial charge in [0, 0.05) is 102 Å². The second-order valence-corrected chi connectivity index (χ2v) is 11.1. The van der Waals surface area contributed by atoms with Crippen LogP contribution in [0.5, 0.6) is 0 Å². The molecule has 0 spiro atoms. The Balaban J connectivity index is 0.994. The Bertz CT molecular complexity index is 947. The maximum atomic E-state index is 5.00. The van der Waals surface area contributed by atoms with Gasteiger partial charge in [0.15, 0.2) is 11.6 Å². The van der Waals surface area contributed by atoms with Gasteiger partial charge < -0.3 is 9.80 Å². The number of anilines is 2. The normalized spacial score (nSPS) is 30.1. The van der Waals surface area contributed by atoms with Crippen molar-refractivity contribution in [2.75, 3.05) is 62.2 Å². The topological polar surface area (TPSA) is 48.6 Å². The highest BCUT2D eigenvalue weighted by atomic mass is 15.4. The van der Waals surface area contributed by atoms with Crippen molar-refractivity contribution < 1.29 is 0 Å². The summed E-state index contributed by atoms with van der Waals surface area (Å²) in [6.45, 7) is 13.9. The van der Waals surface area contributed by atoms with Crippen molar-refractivity contribution in [3.8, 4) is 0 Å². The lowest BCUT2D eigenvalue weighted by molar-refractivity contribution is 0.160. The van der Waals surface area contributed by atoms with E-state index in [0.717, 1.165) is 57.0 Å². The largest absolute Gasteiger partial charge is 0.353 e. The number of hydrogen-bond acceptors (Lipinski definition) is 6. The first-order valence-corrected chi connectivity index (χ1v) is 13.0. The highest BCUT2D eigenvalue weighted by Crippen LogP contribution is 2.52. The van der Waals surface area contributed by atoms with Crippen molar-refractivity contribution in [2.45, 2.75) is 57.2 Å². The second kappa shape index (κ2) is 8.31. The summed E-state index contributed by atoms with van der Waals surface area (Å²) in [5.41, 5.74) is 0.361. The second-order valence-electron chi connectivity index (χ2n) is 11.1. The minimum absolute atomic E-state index is 0.361. The van der Waals surface area contributed by atoms with Crippen LogP contribution < -0.4 is 9.80 Å². The summed E-state index contributed by atoms with van der Waals surface area (Å²) >= 11 is 0. The zero-order valence-corrected chi connectivity index (χ0v) is 20.6. The molecular weight excluding hydrogens is 412 g/mol. The lowest BCUT2D eigenvalue weighted by Gasteiger charge is -2.39. The molecule has 2 aliphatic heterocycles. The van der Waals surface area contributed by atoms with Crippen molar-refractivity contribution in [3.05, 3.63) is 24.5 Å². The van der Waals surface area contributed by atoms with Gasteiger partial charge in [-0.05, 0) is 45.4 Å². The fraction of sp³-hybridized carbons (Fsp3) is 0.760. The molecule has 8 heteroatoms. The van der Waals surface area contributed by atoms with Crippen LogP contribution in [-0.2, 0) is 7.05 Å². The predicted octanol–water partition coefficient (Wildman–Crippen LogP) is 2.45. The molecule has 2 saturated heterocycles. The molecule has 2 aromatic heterocycles. The van der Waals surface area contributed by atoms with Crippen LogP contribution in [0, 0.1) is 5.92 Å². The zero-order chi connectivity index (χ0) is 22.6. The van der Waals surface area contributed by atoms with Crippen LogP contribution >= 0.6 is 0 Å². The molecule has 2 saturated carbocycles. The summed E-state index contributed by atoms with van der Waals surface area (Å²) in [5, 5.41) is 9.58. The van der Waals surface area contributed by atoms with Crippen molar-refractivity contribution in [3.63, 3.8) is 0 Å². The molecule has 0 radical (unpaired) electrons. The number of aryl methyl sites for hydroxylation is 1. The van der Waals surface area contributed by atoms with Gasteiger partial charge in [0.25, 0.3) is 0 Å². The van der Waals surface area contributed by atoms with E-state index in [-0.39, 0.29) is 0 Å². The van der Waals surface area contributed by atoms with Crippen LogP contribution in [-0.4, -0.2) is 93.3 Å². The van der Waals surface area contributed by atoms with E-state index in [1.54, 1.807) is 0 Å². The van der Waals surface area contributed by atoms with Crippen LogP contribution in [0.2, 0.25) is 0 Å². The third-order valence-electron chi connectivity index (χ3n) is 8.78. The molecule has 0 bridgehead atoms. The first-order valence-electron chi connectivity index (χ1n) is 13.0. The molecule has 2 aromatic rings. The van der Waals surface area contributed by atoms with E-state index in [1.165, 1.54) is 44.6 Å². The van der Waals surface area contributed by atoms with Crippen molar-refractivity contribution in [1.82, 2.24) is 29.4 Å². The molecule has 0 N–H and O–H groups in total. The summed E-state index contributed by atoms with van der Waals surface area (Å²) in [6.07, 6.45) is 9.60. The smallest absolute Gasteiger partial charge is 0.150 e. The third-order valence-corrected chi connectivity index (χ3v) is 8.78. The highest BCUT2D eigenvalue weighted by Gasteiger charge is 2.54. The summed E-state index contributed by atoms with van der Waals surface area (Å²) in [4.78, 5) is 10.3. The maximum Gasteiger partial charge on any atom is 0.150 e. The molecule has 4 fully saturated rings. The van der Waals surface area contributed by atoms with E-state index in [2.05, 4.69) is 61.6 Å². The number of rotatable bonds is 7. The van der Waals surface area contributed by atoms with E-state index in [1.807, 2.05) is 17.9 Å². The molecule has 8 nitrogen and oxygen atoms in total. The van der Waals surface area contributed by atoms with Gasteiger partial charge in [-0.1, -0.05) is 0 Å². The van der Waals surface area contributed by atoms with Crippen LogP contribution in [0.4, 0.5) is 11.6 Å². The monoisotopic (exact) mass is 452 g/mol. The molecule has 180 valence electrons. The maximum absolute atomic E-state index is 5.00. The van der Waals surface area contributed by atoms with E-state index < -0.39 is 0 Å². The molecule has 6 rings (SSSR count). The highest BCUT2D eigenvalue weighted by molar-refractivity contribution is 5.38. The summed E-state index contributed by atoms with van der Waals surface area (Å²) in [5.74, 6) is 3.05. The molecule has 2 aliphatic carbocycles. The van der Waals surface area contributed by atoms with E-state index in [0.29, 0.717) is 11.6 Å². The zero-order valence-electron chi connectivity index (χ0n) is 20.6. The van der Waals surface area contributed by atoms with Crippen molar-refractivity contribution in [2.24, 2.45) is 13.0 Å². The Hall–Kier alpha value is -2.06. The molecule has 0 aromatic carbocycles. The van der Waals surface area contributed by atoms with Crippen LogP contribution in [0.15, 0.2) is 24.5 Å². The van der Waals surface area contributed by atoms with E-state index >= 15 is 0 Å². The fourth-order valence-electron chi connectivity index (χ4n) is 6.20. The quantitative estimate of drug-likeness (QED) is 0.643. The molecule has 3 unspecified atom stereocenters. The molecule has 4 heterocycles. The number of hydrogen-bond donors (Lipinski definition) is 0. The molecule has 3 atom stereocenters. The Morgan fingerprint density at radius 2 is 1.55 bits per heavy atom. The van der Waals surface area contributed by atoms with Gasteiger partial charge in [-0.25, -0.2) is 0 Å². The van der Waals surface area contributed by atoms with Gasteiger partial charge >= 0.3 is 0 Å². The first kappa shape index (κ1) is 21.5. The average Bonchev–Trinajstić information content (AvgIpc) is 3.67. The first-order chi connectivity index (χ1) is 16.0. The van der Waals surface area contributed by atoms with Crippen molar-refractivity contribution in [1.29, 1.82) is 0 Å². The SMILES string of the molecule is CC(CC1CC1(C)N1CCN(c2ccn(C)n2)CC1)n1ccc(N2CCN(C3CC3)CC2)n1. The molecule has 33 heavy (non-hydrogen) atoms. The minimum atomic E-state index is 0.361. The predicted molar refractivity (Wildman–Crippen MR) is 132 cm³/mol. The van der Waals surface area contributed by atoms with Gasteiger partial charge in [-0.2, -0.15) is 10.2 Å². The molecule has 4 aliphatic rings. The number of piperazine rings is 2. The van der Waals surface area contributed by atoms with Gasteiger partial charge in [0.05, 0.1) is 0 Å². The lowest BCUT2D eigenvalue weighted by atomic mass is 10.1. The van der Waals surface area contributed by atoms with E-state index in [9.17, 15) is 0 Å².